The van der Waals surface area contributed by atoms with Gasteiger partial charge >= 0.3 is 0 Å². The van der Waals surface area contributed by atoms with E-state index in [-0.39, 0.29) is 0 Å². The third-order valence-electron chi connectivity index (χ3n) is 4.95. The molecule has 0 heterocycles. The molecular weight excluding hydrogens is 412 g/mol. The Balaban J connectivity index is 5.41. The first-order valence-electron chi connectivity index (χ1n) is 9.15. The first-order valence-corrected chi connectivity index (χ1v) is 18.0. The average molecular weight is 449 g/mol. The van der Waals surface area contributed by atoms with Gasteiger partial charge in [0.25, 0.3) is 3.03 Å². The Morgan fingerprint density at radius 2 is 0.923 bits per heavy atom. The lowest BCUT2D eigenvalue weighted by Gasteiger charge is -2.40. The summed E-state index contributed by atoms with van der Waals surface area (Å²) in [6.45, 7) is 5.29. The minimum absolute atomic E-state index is 0.342. The van der Waals surface area contributed by atoms with Crippen LogP contribution in [0.1, 0.15) is 58.3 Å². The molecule has 0 saturated carbocycles. The summed E-state index contributed by atoms with van der Waals surface area (Å²) in [4.78, 5) is 0. The second-order valence-electron chi connectivity index (χ2n) is 7.98. The van der Waals surface area contributed by atoms with Gasteiger partial charge in [-0.3, -0.25) is 0 Å². The van der Waals surface area contributed by atoms with Crippen LogP contribution < -0.4 is 0 Å². The number of unbranched alkanes of at least 4 members (excludes halogenated alkanes) is 7. The van der Waals surface area contributed by atoms with Crippen molar-refractivity contribution < 1.29 is 25.3 Å². The third kappa shape index (κ3) is 5.78. The molecule has 0 N–H and O–H groups in total. The van der Waals surface area contributed by atoms with Crippen LogP contribution in [0, 0.1) is 0 Å². The van der Waals surface area contributed by atoms with Crippen LogP contribution in [0.2, 0.25) is 19.1 Å². The molecule has 0 radical (unpaired) electrons. The van der Waals surface area contributed by atoms with Gasteiger partial charge in [0.1, 0.15) is 8.07 Å². The fraction of sp³-hybridized carbons (Fsp3) is 1.00. The molecule has 10 heteroatoms. The van der Waals surface area contributed by atoms with Gasteiger partial charge in [0.05, 0.1) is 0 Å². The third-order valence-corrected chi connectivity index (χ3v) is 24.9. The first-order chi connectivity index (χ1) is 11.6. The van der Waals surface area contributed by atoms with E-state index in [0.717, 1.165) is 44.5 Å². The molecule has 0 amide bonds. The van der Waals surface area contributed by atoms with Crippen LogP contribution in [0.3, 0.4) is 0 Å². The van der Waals surface area contributed by atoms with Crippen molar-refractivity contribution >= 4 is 37.6 Å². The second kappa shape index (κ2) is 9.51. The molecule has 0 bridgehead atoms. The van der Waals surface area contributed by atoms with Crippen molar-refractivity contribution in [3.8, 4) is 0 Å². The zero-order valence-electron chi connectivity index (χ0n) is 17.0. The minimum Gasteiger partial charge on any atom is -0.227 e. The molecule has 26 heavy (non-hydrogen) atoms. The van der Waals surface area contributed by atoms with Crippen molar-refractivity contribution in [1.29, 1.82) is 0 Å². The topological polar surface area (TPSA) is 102 Å². The Morgan fingerprint density at radius 1 is 0.615 bits per heavy atom. The van der Waals surface area contributed by atoms with Gasteiger partial charge in [-0.05, 0) is 0 Å². The van der Waals surface area contributed by atoms with E-state index in [0.29, 0.717) is 12.5 Å². The number of hydrogen-bond acceptors (Lipinski definition) is 6. The molecule has 0 aromatic carbocycles. The van der Waals surface area contributed by atoms with E-state index < -0.39 is 40.6 Å². The van der Waals surface area contributed by atoms with Crippen LogP contribution in [-0.2, 0) is 29.5 Å². The minimum atomic E-state index is -4.37. The lowest BCUT2D eigenvalue weighted by atomic mass is 10.1. The van der Waals surface area contributed by atoms with E-state index in [1.807, 2.05) is 0 Å². The van der Waals surface area contributed by atoms with Crippen molar-refractivity contribution in [2.24, 2.45) is 0 Å². The first kappa shape index (κ1) is 26.1. The molecule has 0 aromatic heterocycles. The molecule has 0 aliphatic carbocycles. The molecule has 0 aromatic rings. The van der Waals surface area contributed by atoms with Crippen molar-refractivity contribution in [3.05, 3.63) is 0 Å². The summed E-state index contributed by atoms with van der Waals surface area (Å²) in [5.74, 6) is 0. The van der Waals surface area contributed by atoms with Crippen LogP contribution in [-0.4, -0.2) is 55.1 Å². The lowest BCUT2D eigenvalue weighted by Crippen LogP contribution is -2.67. The lowest BCUT2D eigenvalue weighted by molar-refractivity contribution is 0.570. The highest BCUT2D eigenvalue weighted by Gasteiger charge is 2.68. The SMILES string of the molecule is CCCCCCCCCC[Si](C)(C)C(S(C)(=O)=O)(S(C)(=O)=O)S(C)(=O)=O. The molecule has 6 nitrogen and oxygen atoms in total. The fourth-order valence-corrected chi connectivity index (χ4v) is 25.2. The molecule has 0 fully saturated rings. The number of hydrogen-bond donors (Lipinski definition) is 0. The highest BCUT2D eigenvalue weighted by molar-refractivity contribution is 8.28. The van der Waals surface area contributed by atoms with Gasteiger partial charge in [-0.25, -0.2) is 25.3 Å². The van der Waals surface area contributed by atoms with Gasteiger partial charge < -0.3 is 0 Å². The number of sulfone groups is 3. The van der Waals surface area contributed by atoms with Crippen LogP contribution in [0.4, 0.5) is 0 Å². The van der Waals surface area contributed by atoms with Gasteiger partial charge in [0, 0.05) is 18.8 Å². The van der Waals surface area contributed by atoms with E-state index in [2.05, 4.69) is 6.92 Å². The second-order valence-corrected chi connectivity index (χ2v) is 21.3. The Hall–Kier alpha value is 0.0669. The van der Waals surface area contributed by atoms with Crippen molar-refractivity contribution in [1.82, 2.24) is 0 Å². The molecular formula is C16H36O6S3Si. The van der Waals surface area contributed by atoms with Crippen molar-refractivity contribution in [2.45, 2.75) is 80.5 Å². The molecule has 0 aliphatic heterocycles. The summed E-state index contributed by atoms with van der Waals surface area (Å²) >= 11 is 0. The van der Waals surface area contributed by atoms with Crippen molar-refractivity contribution in [2.75, 3.05) is 18.8 Å². The highest BCUT2D eigenvalue weighted by Crippen LogP contribution is 2.42. The van der Waals surface area contributed by atoms with E-state index in [4.69, 9.17) is 0 Å². The monoisotopic (exact) mass is 448 g/mol. The van der Waals surface area contributed by atoms with Crippen LogP contribution >= 0.6 is 0 Å². The zero-order chi connectivity index (χ0) is 20.9. The Labute approximate surface area is 161 Å². The normalized spacial score (nSPS) is 14.5. The van der Waals surface area contributed by atoms with Gasteiger partial charge in [-0.15, -0.1) is 0 Å². The zero-order valence-corrected chi connectivity index (χ0v) is 20.5. The molecule has 0 aliphatic rings. The Morgan fingerprint density at radius 3 is 1.23 bits per heavy atom. The number of rotatable bonds is 13. The predicted octanol–water partition coefficient (Wildman–Crippen LogP) is 3.16. The quantitative estimate of drug-likeness (QED) is 0.317. The van der Waals surface area contributed by atoms with E-state index >= 15 is 0 Å². The maximum atomic E-state index is 12.5. The maximum Gasteiger partial charge on any atom is 0.256 e. The Bertz CT molecular complexity index is 673. The van der Waals surface area contributed by atoms with E-state index in [1.165, 1.54) is 19.3 Å². The summed E-state index contributed by atoms with van der Waals surface area (Å²) in [5, 5.41) is 0. The standard InChI is InChI=1S/C16H36O6S3Si/c1-7-8-9-10-11-12-13-14-15-26(5,6)16(23(2,17)18,24(3,19)20)25(4,21)22/h7-15H2,1-6H3. The molecule has 0 spiro atoms. The summed E-state index contributed by atoms with van der Waals surface area (Å²) < 4.78 is 72.3. The van der Waals surface area contributed by atoms with Crippen LogP contribution in [0.15, 0.2) is 0 Å². The molecule has 0 unspecified atom stereocenters. The molecule has 0 rings (SSSR count). The van der Waals surface area contributed by atoms with Crippen LogP contribution in [0.25, 0.3) is 0 Å². The summed E-state index contributed by atoms with van der Waals surface area (Å²) in [6, 6.07) is 0.342. The van der Waals surface area contributed by atoms with E-state index in [9.17, 15) is 25.3 Å². The van der Waals surface area contributed by atoms with Gasteiger partial charge in [-0.1, -0.05) is 77.4 Å². The smallest absolute Gasteiger partial charge is 0.227 e. The maximum absolute atomic E-state index is 12.5. The van der Waals surface area contributed by atoms with E-state index in [1.54, 1.807) is 13.1 Å². The highest BCUT2D eigenvalue weighted by atomic mass is 32.3. The summed E-state index contributed by atoms with van der Waals surface area (Å²) in [7, 11) is -16.3. The predicted molar refractivity (Wildman–Crippen MR) is 112 cm³/mol. The largest absolute Gasteiger partial charge is 0.256 e. The molecule has 0 saturated heterocycles. The van der Waals surface area contributed by atoms with Gasteiger partial charge in [0.15, 0.2) is 29.5 Å². The van der Waals surface area contributed by atoms with Crippen LogP contribution in [0.5, 0.6) is 0 Å². The molecule has 0 atom stereocenters. The summed E-state index contributed by atoms with van der Waals surface area (Å²) in [6.07, 6.45) is 10.6. The average Bonchev–Trinajstić information content (AvgIpc) is 2.36. The van der Waals surface area contributed by atoms with Gasteiger partial charge in [0.2, 0.25) is 0 Å². The Kier molecular flexibility index (Phi) is 9.54. The van der Waals surface area contributed by atoms with Gasteiger partial charge in [-0.2, -0.15) is 0 Å². The fourth-order valence-electron chi connectivity index (χ4n) is 4.18. The summed E-state index contributed by atoms with van der Waals surface area (Å²) in [5.41, 5.74) is 0. The molecule has 158 valence electrons. The van der Waals surface area contributed by atoms with Crippen molar-refractivity contribution in [3.63, 3.8) is 0 Å².